The Balaban J connectivity index is 0. The van der Waals surface area contributed by atoms with Gasteiger partial charge >= 0.3 is 0 Å². The van der Waals surface area contributed by atoms with Crippen LogP contribution < -0.4 is 0 Å². The smallest absolute Gasteiger partial charge is 0.0402 e. The van der Waals surface area contributed by atoms with Crippen LogP contribution in [0.4, 0.5) is 0 Å². The van der Waals surface area contributed by atoms with Gasteiger partial charge in [-0.05, 0) is 19.4 Å². The molecule has 0 rings (SSSR count). The van der Waals surface area contributed by atoms with Gasteiger partial charge in [-0.2, -0.15) is 0 Å². The highest BCUT2D eigenvalue weighted by Gasteiger charge is 1.37. The minimum absolute atomic E-state index is 0.250. The van der Waals surface area contributed by atoms with Gasteiger partial charge in [-0.15, -0.1) is 0 Å². The highest BCUT2D eigenvalue weighted by Crippen LogP contribution is 1.70. The lowest BCUT2D eigenvalue weighted by molar-refractivity contribution is 0.318. The number of halogens is 1. The lowest BCUT2D eigenvalue weighted by Gasteiger charge is -1.52. The summed E-state index contributed by atoms with van der Waals surface area (Å²) in [6.07, 6.45) is 1.77. The Bertz CT molecular complexity index is 31.1. The first-order valence-corrected chi connectivity index (χ1v) is 2.59. The van der Waals surface area contributed by atoms with Crippen molar-refractivity contribution in [3.8, 4) is 0 Å². The molecule has 0 aromatic rings. The normalized spacial score (nSPS) is 8.00. The molecule has 0 aromatic carbocycles. The van der Waals surface area contributed by atoms with Gasteiger partial charge in [0.25, 0.3) is 0 Å². The van der Waals surface area contributed by atoms with Crippen LogP contribution in [0.25, 0.3) is 0 Å². The molecule has 1 nitrogen and oxygen atoms in total. The molecule has 1 N–H and O–H groups in total. The van der Waals surface area contributed by atoms with E-state index in [1.807, 2.05) is 6.92 Å². The highest BCUT2D eigenvalue weighted by molar-refractivity contribution is 6.25. The predicted molar refractivity (Wildman–Crippen MR) is 33.4 cm³/mol. The Hall–Kier alpha value is -0.0100. The zero-order valence-electron chi connectivity index (χ0n) is 4.69. The molecule has 7 heavy (non-hydrogen) atoms. The third-order valence-electron chi connectivity index (χ3n) is 0.126. The summed E-state index contributed by atoms with van der Waals surface area (Å²) < 4.78 is 0. The van der Waals surface area contributed by atoms with Crippen molar-refractivity contribution >= 4 is 11.6 Å². The Morgan fingerprint density at radius 1 is 1.71 bits per heavy atom. The average molecular weight is 123 g/mol. The molecule has 0 atom stereocenters. The number of aliphatic hydroxyl groups is 1. The van der Waals surface area contributed by atoms with Crippen molar-refractivity contribution in [1.82, 2.24) is 0 Å². The Kier molecular flexibility index (Phi) is 24.0. The fourth-order valence-electron chi connectivity index (χ4n) is 0. The number of hydrogen-bond donors (Lipinski definition) is 1. The van der Waals surface area contributed by atoms with Gasteiger partial charge in [-0.3, -0.25) is 0 Å². The summed E-state index contributed by atoms with van der Waals surface area (Å²) in [5.41, 5.74) is 1.47. The number of aliphatic hydroxyl groups excluding tert-OH is 1. The molecule has 0 saturated heterocycles. The summed E-state index contributed by atoms with van der Waals surface area (Å²) in [5, 5.41) is 7.57. The quantitative estimate of drug-likeness (QED) is 0.519. The van der Waals surface area contributed by atoms with Crippen LogP contribution in [0.3, 0.4) is 0 Å². The van der Waals surface area contributed by atoms with Crippen LogP contribution in [-0.4, -0.2) is 11.7 Å². The lowest BCUT2D eigenvalue weighted by atomic mass is 10.8. The van der Waals surface area contributed by atoms with Gasteiger partial charge in [0.2, 0.25) is 0 Å². The van der Waals surface area contributed by atoms with Crippen LogP contribution in [-0.2, 0) is 0 Å². The number of allylic oxidation sites excluding steroid dienone is 1. The molecule has 0 amide bonds. The second kappa shape index (κ2) is 16.7. The fourth-order valence-corrected chi connectivity index (χ4v) is 0. The minimum Gasteiger partial charge on any atom is -0.397 e. The van der Waals surface area contributed by atoms with E-state index in [4.69, 9.17) is 16.7 Å². The third-order valence-corrected chi connectivity index (χ3v) is 0.378. The Morgan fingerprint density at radius 3 is 1.86 bits per heavy atom. The van der Waals surface area contributed by atoms with Gasteiger partial charge in [-0.1, -0.05) is 17.7 Å². The summed E-state index contributed by atoms with van der Waals surface area (Å²) >= 11 is 5.01. The molecule has 0 aliphatic rings. The maximum absolute atomic E-state index is 7.57. The summed E-state index contributed by atoms with van der Waals surface area (Å²) in [5.74, 6) is 0. The summed E-state index contributed by atoms with van der Waals surface area (Å²) in [6.45, 7) is 3.80. The van der Waals surface area contributed by atoms with E-state index in [2.05, 4.69) is 0 Å². The second-order valence-corrected chi connectivity index (χ2v) is 1.03. The third kappa shape index (κ3) is 97.3. The summed E-state index contributed by atoms with van der Waals surface area (Å²) in [4.78, 5) is 0. The summed E-state index contributed by atoms with van der Waals surface area (Å²) in [7, 11) is 0. The fraction of sp³-hybridized carbons (Fsp3) is 0.600. The van der Waals surface area contributed by atoms with Crippen molar-refractivity contribution in [1.29, 1.82) is 0 Å². The molecule has 0 bridgehead atoms. The van der Waals surface area contributed by atoms with Crippen molar-refractivity contribution in [2.45, 2.75) is 13.8 Å². The molecule has 0 aliphatic carbocycles. The molecule has 0 spiro atoms. The molecule has 0 aromatic heterocycles. The largest absolute Gasteiger partial charge is 0.397 e. The van der Waals surface area contributed by atoms with E-state index in [0.717, 1.165) is 0 Å². The lowest BCUT2D eigenvalue weighted by Crippen LogP contribution is -1.57. The first-order valence-electron chi connectivity index (χ1n) is 2.15. The van der Waals surface area contributed by atoms with Gasteiger partial charge < -0.3 is 5.11 Å². The predicted octanol–water partition coefficient (Wildman–Crippen LogP) is 1.76. The van der Waals surface area contributed by atoms with E-state index >= 15 is 0 Å². The zero-order valence-corrected chi connectivity index (χ0v) is 5.44. The van der Waals surface area contributed by atoms with Gasteiger partial charge in [0, 0.05) is 6.61 Å². The minimum atomic E-state index is 0.250. The number of rotatable bonds is 0. The molecule has 0 radical (unpaired) electrons. The SMILES string of the molecule is CC=CCl.CCO. The monoisotopic (exact) mass is 122 g/mol. The second-order valence-electron chi connectivity index (χ2n) is 0.776. The highest BCUT2D eigenvalue weighted by atomic mass is 35.5. The molecular weight excluding hydrogens is 112 g/mol. The Labute approximate surface area is 49.6 Å². The van der Waals surface area contributed by atoms with E-state index in [1.54, 1.807) is 13.0 Å². The molecular formula is C5H11ClO. The number of hydrogen-bond acceptors (Lipinski definition) is 1. The molecule has 0 aliphatic heterocycles. The van der Waals surface area contributed by atoms with Crippen molar-refractivity contribution < 1.29 is 5.11 Å². The van der Waals surface area contributed by atoms with Crippen molar-refractivity contribution in [3.05, 3.63) is 11.6 Å². The zero-order chi connectivity index (χ0) is 6.12. The molecule has 2 heteroatoms. The topological polar surface area (TPSA) is 20.2 Å². The van der Waals surface area contributed by atoms with Crippen molar-refractivity contribution in [3.63, 3.8) is 0 Å². The van der Waals surface area contributed by atoms with Crippen LogP contribution >= 0.6 is 11.6 Å². The van der Waals surface area contributed by atoms with Crippen LogP contribution in [0.1, 0.15) is 13.8 Å². The maximum Gasteiger partial charge on any atom is 0.0402 e. The molecule has 0 unspecified atom stereocenters. The Morgan fingerprint density at radius 2 is 1.86 bits per heavy atom. The first kappa shape index (κ1) is 10.1. The maximum atomic E-state index is 7.57. The van der Waals surface area contributed by atoms with Crippen LogP contribution in [0.15, 0.2) is 11.6 Å². The average Bonchev–Trinajstić information content (AvgIpc) is 1.69. The van der Waals surface area contributed by atoms with Crippen LogP contribution in [0.2, 0.25) is 0 Å². The van der Waals surface area contributed by atoms with Gasteiger partial charge in [0.1, 0.15) is 0 Å². The van der Waals surface area contributed by atoms with E-state index in [-0.39, 0.29) is 6.61 Å². The van der Waals surface area contributed by atoms with E-state index in [0.29, 0.717) is 0 Å². The van der Waals surface area contributed by atoms with Gasteiger partial charge in [-0.25, -0.2) is 0 Å². The first-order chi connectivity index (χ1) is 3.33. The van der Waals surface area contributed by atoms with E-state index < -0.39 is 0 Å². The molecule has 44 valence electrons. The van der Waals surface area contributed by atoms with E-state index in [1.165, 1.54) is 5.54 Å². The van der Waals surface area contributed by atoms with E-state index in [9.17, 15) is 0 Å². The standard InChI is InChI=1S/C3H5Cl.C2H6O/c1-2-3-4;1-2-3/h2-3H,1H3;3H,2H2,1H3. The molecule has 0 saturated carbocycles. The van der Waals surface area contributed by atoms with Crippen molar-refractivity contribution in [2.75, 3.05) is 6.61 Å². The molecule has 0 heterocycles. The van der Waals surface area contributed by atoms with Gasteiger partial charge in [0.05, 0.1) is 0 Å². The summed E-state index contributed by atoms with van der Waals surface area (Å²) in [6, 6.07) is 0. The van der Waals surface area contributed by atoms with Crippen LogP contribution in [0.5, 0.6) is 0 Å². The molecule has 0 fully saturated rings. The van der Waals surface area contributed by atoms with Gasteiger partial charge in [0.15, 0.2) is 0 Å². The van der Waals surface area contributed by atoms with Crippen LogP contribution in [0, 0.1) is 0 Å². The van der Waals surface area contributed by atoms with Crippen molar-refractivity contribution in [2.24, 2.45) is 0 Å².